The normalized spacial score (nSPS) is 16.4. The number of nitrogens with zero attached hydrogens (tertiary/aromatic N) is 1. The lowest BCUT2D eigenvalue weighted by molar-refractivity contribution is -0.139. The van der Waals surface area contributed by atoms with E-state index in [0.717, 1.165) is 11.1 Å². The van der Waals surface area contributed by atoms with Crippen LogP contribution in [0.2, 0.25) is 5.02 Å². The fourth-order valence-electron chi connectivity index (χ4n) is 3.34. The van der Waals surface area contributed by atoms with Gasteiger partial charge >= 0.3 is 12.0 Å². The molecule has 3 rings (SSSR count). The zero-order chi connectivity index (χ0) is 21.8. The molecule has 1 N–H and O–H groups in total. The van der Waals surface area contributed by atoms with Crippen molar-refractivity contribution < 1.29 is 19.1 Å². The first-order chi connectivity index (χ1) is 14.3. The Morgan fingerprint density at radius 1 is 1.20 bits per heavy atom. The number of rotatable bonds is 6. The van der Waals surface area contributed by atoms with Gasteiger partial charge in [-0.05, 0) is 55.7 Å². The molecule has 0 bridgehead atoms. The molecule has 0 fully saturated rings. The van der Waals surface area contributed by atoms with E-state index in [1.54, 1.807) is 32.2 Å². The van der Waals surface area contributed by atoms with Gasteiger partial charge in [-0.1, -0.05) is 35.9 Å². The molecule has 1 aliphatic heterocycles. The second kappa shape index (κ2) is 9.22. The largest absolute Gasteiger partial charge is 0.487 e. The predicted octanol–water partition coefficient (Wildman–Crippen LogP) is 4.55. The minimum absolute atomic E-state index is 0.0411. The topological polar surface area (TPSA) is 67.9 Å². The van der Waals surface area contributed by atoms with Crippen LogP contribution in [0.4, 0.5) is 4.79 Å². The van der Waals surface area contributed by atoms with Crippen molar-refractivity contribution in [3.63, 3.8) is 0 Å². The maximum Gasteiger partial charge on any atom is 0.338 e. The van der Waals surface area contributed by atoms with E-state index >= 15 is 0 Å². The number of hydrogen-bond donors (Lipinski definition) is 1. The number of halogens is 1. The van der Waals surface area contributed by atoms with Gasteiger partial charge < -0.3 is 14.8 Å². The van der Waals surface area contributed by atoms with Crippen molar-refractivity contribution >= 4 is 23.6 Å². The van der Waals surface area contributed by atoms with Crippen LogP contribution < -0.4 is 10.1 Å². The number of ether oxygens (including phenoxy) is 2. The second-order valence-corrected chi connectivity index (χ2v) is 7.50. The predicted molar refractivity (Wildman–Crippen MR) is 116 cm³/mol. The average Bonchev–Trinajstić information content (AvgIpc) is 2.71. The Bertz CT molecular complexity index is 1000. The molecule has 1 unspecified atom stereocenters. The summed E-state index contributed by atoms with van der Waals surface area (Å²) in [4.78, 5) is 27.0. The van der Waals surface area contributed by atoms with Crippen molar-refractivity contribution in [2.24, 2.45) is 0 Å². The van der Waals surface area contributed by atoms with Gasteiger partial charge in [0, 0.05) is 12.1 Å². The summed E-state index contributed by atoms with van der Waals surface area (Å²) in [5.74, 6) is 0.193. The van der Waals surface area contributed by atoms with E-state index in [1.165, 1.54) is 4.90 Å². The zero-order valence-corrected chi connectivity index (χ0v) is 18.2. The molecule has 30 heavy (non-hydrogen) atoms. The minimum Gasteiger partial charge on any atom is -0.487 e. The lowest BCUT2D eigenvalue weighted by atomic mass is 9.94. The SMILES string of the molecule is CCOC(=O)C1=C(COc2cccc(C)c2C)N(C)C(=O)NC1c1cccc(Cl)c1. The third-order valence-electron chi connectivity index (χ3n) is 5.17. The molecule has 0 saturated heterocycles. The fourth-order valence-corrected chi connectivity index (χ4v) is 3.54. The average molecular weight is 429 g/mol. The molecular formula is C23H25ClN2O4. The van der Waals surface area contributed by atoms with Crippen molar-refractivity contribution in [3.05, 3.63) is 75.4 Å². The summed E-state index contributed by atoms with van der Waals surface area (Å²) in [7, 11) is 1.60. The summed E-state index contributed by atoms with van der Waals surface area (Å²) >= 11 is 6.15. The lowest BCUT2D eigenvalue weighted by Crippen LogP contribution is -2.48. The number of nitrogens with one attached hydrogen (secondary N) is 1. The van der Waals surface area contributed by atoms with Gasteiger partial charge in [-0.15, -0.1) is 0 Å². The number of benzene rings is 2. The van der Waals surface area contributed by atoms with E-state index in [2.05, 4.69) is 5.32 Å². The highest BCUT2D eigenvalue weighted by atomic mass is 35.5. The molecule has 2 amide bonds. The lowest BCUT2D eigenvalue weighted by Gasteiger charge is -2.34. The molecule has 1 aliphatic rings. The molecule has 6 nitrogen and oxygen atoms in total. The molecule has 0 aliphatic carbocycles. The van der Waals surface area contributed by atoms with Gasteiger partial charge in [-0.3, -0.25) is 4.90 Å². The van der Waals surface area contributed by atoms with Crippen molar-refractivity contribution in [3.8, 4) is 5.75 Å². The number of hydrogen-bond acceptors (Lipinski definition) is 4. The van der Waals surface area contributed by atoms with E-state index in [0.29, 0.717) is 27.6 Å². The van der Waals surface area contributed by atoms with Crippen LogP contribution in [0.25, 0.3) is 0 Å². The number of amides is 2. The first-order valence-electron chi connectivity index (χ1n) is 9.72. The Hall–Kier alpha value is -2.99. The van der Waals surface area contributed by atoms with Gasteiger partial charge in [0.25, 0.3) is 0 Å². The van der Waals surface area contributed by atoms with Crippen LogP contribution in [-0.4, -0.2) is 37.2 Å². The van der Waals surface area contributed by atoms with Gasteiger partial charge in [-0.25, -0.2) is 9.59 Å². The zero-order valence-electron chi connectivity index (χ0n) is 17.5. The first-order valence-corrected chi connectivity index (χ1v) is 10.1. The van der Waals surface area contributed by atoms with Crippen molar-refractivity contribution in [2.75, 3.05) is 20.3 Å². The standard InChI is InChI=1S/C23H25ClN2O4/c1-5-29-22(27)20-18(13-30-19-11-6-8-14(2)15(19)3)26(4)23(28)25-21(20)16-9-7-10-17(24)12-16/h6-12,21H,5,13H2,1-4H3,(H,25,28). The molecular weight excluding hydrogens is 404 g/mol. The first kappa shape index (κ1) is 21.7. The number of aryl methyl sites for hydroxylation is 1. The van der Waals surface area contributed by atoms with Crippen LogP contribution in [0.15, 0.2) is 53.7 Å². The van der Waals surface area contributed by atoms with Gasteiger partial charge in [0.2, 0.25) is 0 Å². The Kier molecular flexibility index (Phi) is 6.67. The molecule has 0 spiro atoms. The van der Waals surface area contributed by atoms with Gasteiger partial charge in [0.15, 0.2) is 0 Å². The highest BCUT2D eigenvalue weighted by Gasteiger charge is 2.37. The van der Waals surface area contributed by atoms with Crippen LogP contribution in [0, 0.1) is 13.8 Å². The van der Waals surface area contributed by atoms with Crippen LogP contribution in [0.1, 0.15) is 29.7 Å². The summed E-state index contributed by atoms with van der Waals surface area (Å²) in [6, 6.07) is 11.8. The number of urea groups is 1. The molecule has 0 aromatic heterocycles. The monoisotopic (exact) mass is 428 g/mol. The van der Waals surface area contributed by atoms with Crippen molar-refractivity contribution in [1.29, 1.82) is 0 Å². The summed E-state index contributed by atoms with van der Waals surface area (Å²) in [5, 5.41) is 3.37. The third kappa shape index (κ3) is 4.44. The highest BCUT2D eigenvalue weighted by molar-refractivity contribution is 6.30. The number of likely N-dealkylation sites (N-methyl/N-ethyl adjacent to an activating group) is 1. The molecule has 1 atom stereocenters. The van der Waals surface area contributed by atoms with Crippen LogP contribution in [-0.2, 0) is 9.53 Å². The van der Waals surface area contributed by atoms with E-state index in [9.17, 15) is 9.59 Å². The van der Waals surface area contributed by atoms with Gasteiger partial charge in [0.1, 0.15) is 12.4 Å². The Morgan fingerprint density at radius 3 is 2.63 bits per heavy atom. The maximum absolute atomic E-state index is 12.9. The smallest absolute Gasteiger partial charge is 0.338 e. The summed E-state index contributed by atoms with van der Waals surface area (Å²) in [6.07, 6.45) is 0. The second-order valence-electron chi connectivity index (χ2n) is 7.06. The number of carbonyl (C=O) groups excluding carboxylic acids is 2. The van der Waals surface area contributed by atoms with Crippen LogP contribution in [0.3, 0.4) is 0 Å². The molecule has 0 radical (unpaired) electrons. The molecule has 0 saturated carbocycles. The summed E-state index contributed by atoms with van der Waals surface area (Å²) in [6.45, 7) is 5.97. The summed E-state index contributed by atoms with van der Waals surface area (Å²) in [5.41, 5.74) is 3.56. The minimum atomic E-state index is -0.691. The molecule has 1 heterocycles. The van der Waals surface area contributed by atoms with Crippen LogP contribution in [0.5, 0.6) is 5.75 Å². The van der Waals surface area contributed by atoms with Gasteiger partial charge in [0.05, 0.1) is 23.9 Å². The Balaban J connectivity index is 2.06. The Morgan fingerprint density at radius 2 is 1.93 bits per heavy atom. The van der Waals surface area contributed by atoms with Crippen LogP contribution >= 0.6 is 11.6 Å². The van der Waals surface area contributed by atoms with Crippen molar-refractivity contribution in [2.45, 2.75) is 26.8 Å². The number of esters is 1. The maximum atomic E-state index is 12.9. The Labute approximate surface area is 181 Å². The fraction of sp³-hybridized carbons (Fsp3) is 0.304. The number of carbonyl (C=O) groups is 2. The molecule has 2 aromatic rings. The molecule has 158 valence electrons. The highest BCUT2D eigenvalue weighted by Crippen LogP contribution is 2.32. The quantitative estimate of drug-likeness (QED) is 0.685. The van der Waals surface area contributed by atoms with Gasteiger partial charge in [-0.2, -0.15) is 0 Å². The van der Waals surface area contributed by atoms with Crippen molar-refractivity contribution in [1.82, 2.24) is 10.2 Å². The summed E-state index contributed by atoms with van der Waals surface area (Å²) < 4.78 is 11.3. The van der Waals surface area contributed by atoms with E-state index in [1.807, 2.05) is 38.1 Å². The third-order valence-corrected chi connectivity index (χ3v) is 5.41. The van der Waals surface area contributed by atoms with E-state index in [4.69, 9.17) is 21.1 Å². The molecule has 2 aromatic carbocycles. The van der Waals surface area contributed by atoms with E-state index < -0.39 is 12.0 Å². The molecule has 7 heteroatoms. The van der Waals surface area contributed by atoms with E-state index in [-0.39, 0.29) is 19.2 Å².